The summed E-state index contributed by atoms with van der Waals surface area (Å²) < 4.78 is 2.08. The largest absolute Gasteiger partial charge is 0.326 e. The first-order valence-electron chi connectivity index (χ1n) is 6.00. The monoisotopic (exact) mass is 237 g/mol. The zero-order valence-electron chi connectivity index (χ0n) is 10.5. The molecule has 3 aromatic rings. The average Bonchev–Trinajstić information content (AvgIpc) is 2.70. The molecule has 1 N–H and O–H groups in total. The maximum Gasteiger partial charge on any atom is 0.208 e. The summed E-state index contributed by atoms with van der Waals surface area (Å²) in [7, 11) is 2.03. The molecule has 1 heterocycles. The molecule has 0 aliphatic heterocycles. The van der Waals surface area contributed by atoms with E-state index >= 15 is 0 Å². The number of hydrogen-bond donors (Lipinski definition) is 1. The van der Waals surface area contributed by atoms with Gasteiger partial charge < -0.3 is 9.88 Å². The normalized spacial score (nSPS) is 10.8. The predicted molar refractivity (Wildman–Crippen MR) is 75.2 cm³/mol. The predicted octanol–water partition coefficient (Wildman–Crippen LogP) is 3.63. The van der Waals surface area contributed by atoms with Crippen molar-refractivity contribution in [1.82, 2.24) is 9.55 Å². The Bertz CT molecular complexity index is 684. The van der Waals surface area contributed by atoms with E-state index in [1.807, 2.05) is 37.4 Å². The van der Waals surface area contributed by atoms with Crippen molar-refractivity contribution < 1.29 is 0 Å². The third-order valence-corrected chi connectivity index (χ3v) is 3.14. The van der Waals surface area contributed by atoms with Crippen LogP contribution in [0.15, 0.2) is 48.5 Å². The van der Waals surface area contributed by atoms with E-state index in [0.29, 0.717) is 0 Å². The number of aryl methyl sites for hydroxylation is 2. The maximum atomic E-state index is 4.66. The quantitative estimate of drug-likeness (QED) is 0.737. The highest BCUT2D eigenvalue weighted by molar-refractivity contribution is 5.82. The summed E-state index contributed by atoms with van der Waals surface area (Å²) >= 11 is 0. The number of imidazole rings is 1. The Kier molecular flexibility index (Phi) is 2.52. The summed E-state index contributed by atoms with van der Waals surface area (Å²) in [5.41, 5.74) is 4.45. The molecule has 0 unspecified atom stereocenters. The molecular formula is C15H15N3. The molecule has 3 rings (SSSR count). The average molecular weight is 237 g/mol. The number of anilines is 2. The van der Waals surface area contributed by atoms with Gasteiger partial charge in [0.15, 0.2) is 0 Å². The third kappa shape index (κ3) is 1.74. The van der Waals surface area contributed by atoms with E-state index in [1.165, 1.54) is 5.56 Å². The fraction of sp³-hybridized carbons (Fsp3) is 0.133. The van der Waals surface area contributed by atoms with Crippen molar-refractivity contribution in [2.75, 3.05) is 5.32 Å². The van der Waals surface area contributed by atoms with Crippen molar-refractivity contribution in [3.8, 4) is 0 Å². The topological polar surface area (TPSA) is 29.9 Å². The summed E-state index contributed by atoms with van der Waals surface area (Å²) in [6, 6.07) is 16.3. The molecule has 0 fully saturated rings. The lowest BCUT2D eigenvalue weighted by Crippen LogP contribution is -1.98. The van der Waals surface area contributed by atoms with E-state index < -0.39 is 0 Å². The van der Waals surface area contributed by atoms with Crippen molar-refractivity contribution >= 4 is 22.7 Å². The van der Waals surface area contributed by atoms with Crippen LogP contribution in [0.4, 0.5) is 11.6 Å². The molecule has 0 aliphatic rings. The van der Waals surface area contributed by atoms with E-state index in [0.717, 1.165) is 22.7 Å². The standard InChI is InChI=1S/C15H15N3/c1-11-7-6-10-13-14(11)17-15(18(13)2)16-12-8-4-3-5-9-12/h3-10H,1-2H3,(H,16,17). The first kappa shape index (κ1) is 10.8. The van der Waals surface area contributed by atoms with Crippen LogP contribution in [0.25, 0.3) is 11.0 Å². The number of nitrogens with zero attached hydrogens (tertiary/aromatic N) is 2. The Morgan fingerprint density at radius 3 is 2.50 bits per heavy atom. The van der Waals surface area contributed by atoms with Gasteiger partial charge in [-0.1, -0.05) is 30.3 Å². The fourth-order valence-electron chi connectivity index (χ4n) is 2.12. The zero-order valence-corrected chi connectivity index (χ0v) is 10.5. The highest BCUT2D eigenvalue weighted by atomic mass is 15.2. The van der Waals surface area contributed by atoms with Crippen LogP contribution in [0, 0.1) is 6.92 Å². The molecule has 0 saturated carbocycles. The summed E-state index contributed by atoms with van der Waals surface area (Å²) in [6.45, 7) is 2.08. The minimum absolute atomic E-state index is 0.866. The molecule has 0 spiro atoms. The smallest absolute Gasteiger partial charge is 0.208 e. The third-order valence-electron chi connectivity index (χ3n) is 3.14. The Labute approximate surface area is 106 Å². The SMILES string of the molecule is Cc1cccc2c1nc(Nc1ccccc1)n2C. The van der Waals surface area contributed by atoms with Gasteiger partial charge in [0.05, 0.1) is 11.0 Å². The van der Waals surface area contributed by atoms with Gasteiger partial charge in [-0.2, -0.15) is 0 Å². The Balaban J connectivity index is 2.08. The van der Waals surface area contributed by atoms with E-state index in [9.17, 15) is 0 Å². The van der Waals surface area contributed by atoms with Crippen molar-refractivity contribution in [1.29, 1.82) is 0 Å². The molecule has 0 atom stereocenters. The van der Waals surface area contributed by atoms with Gasteiger partial charge in [-0.3, -0.25) is 0 Å². The van der Waals surface area contributed by atoms with Crippen LogP contribution in [-0.4, -0.2) is 9.55 Å². The molecule has 0 bridgehead atoms. The molecular weight excluding hydrogens is 222 g/mol. The lowest BCUT2D eigenvalue weighted by Gasteiger charge is -2.05. The molecule has 2 aromatic carbocycles. The Morgan fingerprint density at radius 2 is 1.78 bits per heavy atom. The fourth-order valence-corrected chi connectivity index (χ4v) is 2.12. The molecule has 90 valence electrons. The van der Waals surface area contributed by atoms with Crippen LogP contribution >= 0.6 is 0 Å². The van der Waals surface area contributed by atoms with E-state index in [1.54, 1.807) is 0 Å². The second-order valence-electron chi connectivity index (χ2n) is 4.43. The van der Waals surface area contributed by atoms with Gasteiger partial charge in [-0.05, 0) is 30.7 Å². The molecule has 0 saturated heterocycles. The van der Waals surface area contributed by atoms with E-state index in [4.69, 9.17) is 0 Å². The van der Waals surface area contributed by atoms with Crippen molar-refractivity contribution in [2.45, 2.75) is 6.92 Å². The summed E-state index contributed by atoms with van der Waals surface area (Å²) in [5, 5.41) is 3.34. The van der Waals surface area contributed by atoms with Crippen LogP contribution in [0.3, 0.4) is 0 Å². The first-order chi connectivity index (χ1) is 8.75. The molecule has 3 nitrogen and oxygen atoms in total. The first-order valence-corrected chi connectivity index (χ1v) is 6.00. The highest BCUT2D eigenvalue weighted by Gasteiger charge is 2.08. The van der Waals surface area contributed by atoms with Gasteiger partial charge in [-0.25, -0.2) is 4.98 Å². The minimum Gasteiger partial charge on any atom is -0.326 e. The van der Waals surface area contributed by atoms with Crippen molar-refractivity contribution in [3.63, 3.8) is 0 Å². The minimum atomic E-state index is 0.866. The van der Waals surface area contributed by atoms with Gasteiger partial charge in [0.1, 0.15) is 0 Å². The number of rotatable bonds is 2. The zero-order chi connectivity index (χ0) is 12.5. The molecule has 3 heteroatoms. The number of nitrogens with one attached hydrogen (secondary N) is 1. The number of aromatic nitrogens is 2. The van der Waals surface area contributed by atoms with Gasteiger partial charge in [-0.15, -0.1) is 0 Å². The van der Waals surface area contributed by atoms with Gasteiger partial charge in [0.2, 0.25) is 5.95 Å². The molecule has 0 amide bonds. The van der Waals surface area contributed by atoms with Crippen LogP contribution in [0.1, 0.15) is 5.56 Å². The number of hydrogen-bond acceptors (Lipinski definition) is 2. The van der Waals surface area contributed by atoms with E-state index in [2.05, 4.69) is 40.0 Å². The Morgan fingerprint density at radius 1 is 1.00 bits per heavy atom. The lowest BCUT2D eigenvalue weighted by atomic mass is 10.2. The second kappa shape index (κ2) is 4.18. The number of fused-ring (bicyclic) bond motifs is 1. The van der Waals surface area contributed by atoms with Crippen LogP contribution < -0.4 is 5.32 Å². The summed E-state index contributed by atoms with van der Waals surface area (Å²) in [5.74, 6) is 0.866. The van der Waals surface area contributed by atoms with Gasteiger partial charge in [0.25, 0.3) is 0 Å². The van der Waals surface area contributed by atoms with Crippen LogP contribution in [-0.2, 0) is 7.05 Å². The summed E-state index contributed by atoms with van der Waals surface area (Å²) in [4.78, 5) is 4.66. The van der Waals surface area contributed by atoms with E-state index in [-0.39, 0.29) is 0 Å². The van der Waals surface area contributed by atoms with Crippen LogP contribution in [0.2, 0.25) is 0 Å². The van der Waals surface area contributed by atoms with Crippen LogP contribution in [0.5, 0.6) is 0 Å². The second-order valence-corrected chi connectivity index (χ2v) is 4.43. The molecule has 18 heavy (non-hydrogen) atoms. The van der Waals surface area contributed by atoms with Crippen molar-refractivity contribution in [3.05, 3.63) is 54.1 Å². The summed E-state index contributed by atoms with van der Waals surface area (Å²) in [6.07, 6.45) is 0. The Hall–Kier alpha value is -2.29. The highest BCUT2D eigenvalue weighted by Crippen LogP contribution is 2.23. The molecule has 1 aromatic heterocycles. The number of benzene rings is 2. The van der Waals surface area contributed by atoms with Gasteiger partial charge in [0, 0.05) is 12.7 Å². The van der Waals surface area contributed by atoms with Crippen molar-refractivity contribution in [2.24, 2.45) is 7.05 Å². The van der Waals surface area contributed by atoms with Gasteiger partial charge >= 0.3 is 0 Å². The number of para-hydroxylation sites is 2. The maximum absolute atomic E-state index is 4.66. The lowest BCUT2D eigenvalue weighted by molar-refractivity contribution is 0.958. The molecule has 0 radical (unpaired) electrons. The molecule has 0 aliphatic carbocycles.